The normalized spacial score (nSPS) is 18.8. The van der Waals surface area contributed by atoms with Crippen LogP contribution in [0.3, 0.4) is 0 Å². The molecule has 0 radical (unpaired) electrons. The number of benzene rings is 1. The second kappa shape index (κ2) is 10.8. The molecule has 1 aliphatic heterocycles. The van der Waals surface area contributed by atoms with Gasteiger partial charge in [0.1, 0.15) is 21.6 Å². The molecule has 4 rings (SSSR count). The van der Waals surface area contributed by atoms with E-state index in [-0.39, 0.29) is 23.8 Å². The lowest BCUT2D eigenvalue weighted by atomic mass is 9.92. The third-order valence-electron chi connectivity index (χ3n) is 6.10. The van der Waals surface area contributed by atoms with Gasteiger partial charge in [-0.25, -0.2) is 13.2 Å². The molecule has 186 valence electrons. The first kappa shape index (κ1) is 25.2. The fraction of sp³-hybridized carbons (Fsp3) is 0.423. The van der Waals surface area contributed by atoms with Crippen LogP contribution < -0.4 is 15.3 Å². The number of nitrogens with one attached hydrogen (secondary N) is 1. The second-order valence-corrected chi connectivity index (χ2v) is 11.5. The number of aromatic amines is 1. The summed E-state index contributed by atoms with van der Waals surface area (Å²) < 4.78 is 33.7. The highest BCUT2D eigenvalue weighted by atomic mass is 35.5. The fourth-order valence-electron chi connectivity index (χ4n) is 4.50. The van der Waals surface area contributed by atoms with E-state index in [4.69, 9.17) is 21.1 Å². The van der Waals surface area contributed by atoms with Crippen LogP contribution in [0.1, 0.15) is 42.6 Å². The van der Waals surface area contributed by atoms with Gasteiger partial charge in [0.05, 0.1) is 17.7 Å². The molecule has 1 N–H and O–H groups in total. The number of rotatable bonds is 7. The highest BCUT2D eigenvalue weighted by Gasteiger charge is 2.35. The molecule has 35 heavy (non-hydrogen) atoms. The van der Waals surface area contributed by atoms with Crippen LogP contribution in [0, 0.1) is 11.8 Å². The van der Waals surface area contributed by atoms with Gasteiger partial charge in [-0.05, 0) is 49.4 Å². The van der Waals surface area contributed by atoms with Gasteiger partial charge in [0.25, 0.3) is 0 Å². The van der Waals surface area contributed by atoms with Gasteiger partial charge in [-0.3, -0.25) is 4.90 Å². The van der Waals surface area contributed by atoms with Crippen molar-refractivity contribution >= 4 is 39.7 Å². The van der Waals surface area contributed by atoms with E-state index in [0.29, 0.717) is 31.7 Å². The van der Waals surface area contributed by atoms with E-state index in [0.717, 1.165) is 28.2 Å². The van der Waals surface area contributed by atoms with Crippen molar-refractivity contribution in [3.63, 3.8) is 0 Å². The Balaban J connectivity index is 1.62. The number of sulfone groups is 1. The van der Waals surface area contributed by atoms with E-state index in [9.17, 15) is 13.2 Å². The minimum Gasteiger partial charge on any atom is -0.494 e. The Labute approximate surface area is 210 Å². The van der Waals surface area contributed by atoms with E-state index in [2.05, 4.69) is 29.0 Å². The van der Waals surface area contributed by atoms with Crippen LogP contribution in [-0.4, -0.2) is 61.5 Å². The Morgan fingerprint density at radius 2 is 2.06 bits per heavy atom. The van der Waals surface area contributed by atoms with Crippen molar-refractivity contribution in [2.75, 3.05) is 31.8 Å². The maximum absolute atomic E-state index is 13.0. The van der Waals surface area contributed by atoms with Crippen LogP contribution in [0.25, 0.3) is 12.2 Å². The number of amides is 1. The first-order valence-corrected chi connectivity index (χ1v) is 14.1. The van der Waals surface area contributed by atoms with Gasteiger partial charge >= 0.3 is 6.09 Å². The highest BCUT2D eigenvalue weighted by Crippen LogP contribution is 2.34. The lowest BCUT2D eigenvalue weighted by molar-refractivity contribution is 0.0991. The van der Waals surface area contributed by atoms with Gasteiger partial charge in [0.2, 0.25) is 0 Å². The summed E-state index contributed by atoms with van der Waals surface area (Å²) in [5.74, 6) is 6.24. The number of ether oxygens (including phenoxy) is 2. The molecule has 2 heterocycles. The number of fused-ring (bicyclic) bond motifs is 3. The van der Waals surface area contributed by atoms with Crippen molar-refractivity contribution in [3.8, 4) is 17.6 Å². The van der Waals surface area contributed by atoms with Crippen LogP contribution in [0.5, 0.6) is 5.75 Å². The van der Waals surface area contributed by atoms with Gasteiger partial charge < -0.3 is 14.5 Å². The van der Waals surface area contributed by atoms with Crippen molar-refractivity contribution in [2.24, 2.45) is 0 Å². The minimum absolute atomic E-state index is 0.0440. The number of H-pyrrole nitrogens is 1. The highest BCUT2D eigenvalue weighted by molar-refractivity contribution is 7.90. The molecule has 2 atom stereocenters. The molecular formula is C26H29ClN2O5S. The predicted octanol–water partition coefficient (Wildman–Crippen LogP) is 2.51. The van der Waals surface area contributed by atoms with E-state index < -0.39 is 15.9 Å². The average molecular weight is 517 g/mol. The van der Waals surface area contributed by atoms with E-state index in [1.165, 1.54) is 11.8 Å². The molecular weight excluding hydrogens is 488 g/mol. The van der Waals surface area contributed by atoms with Gasteiger partial charge in [0, 0.05) is 29.1 Å². The Morgan fingerprint density at radius 3 is 2.77 bits per heavy atom. The molecule has 0 saturated heterocycles. The molecule has 7 nitrogen and oxygen atoms in total. The molecule has 1 aliphatic carbocycles. The molecule has 0 spiro atoms. The third-order valence-corrected chi connectivity index (χ3v) is 7.43. The molecule has 2 aliphatic rings. The number of halogens is 1. The maximum Gasteiger partial charge on any atom is 0.411 e. The van der Waals surface area contributed by atoms with Crippen LogP contribution in [0.4, 0.5) is 4.79 Å². The minimum atomic E-state index is -3.01. The quantitative estimate of drug-likeness (QED) is 0.347. The Morgan fingerprint density at radius 1 is 1.29 bits per heavy atom. The van der Waals surface area contributed by atoms with Crippen LogP contribution in [-0.2, 0) is 21.0 Å². The average Bonchev–Trinajstić information content (AvgIpc) is 3.19. The predicted molar refractivity (Wildman–Crippen MR) is 137 cm³/mol. The van der Waals surface area contributed by atoms with Crippen molar-refractivity contribution in [2.45, 2.75) is 37.6 Å². The summed E-state index contributed by atoms with van der Waals surface area (Å²) in [6.45, 7) is 2.56. The van der Waals surface area contributed by atoms with Gasteiger partial charge in [-0.2, -0.15) is 0 Å². The third kappa shape index (κ3) is 6.03. The number of hydrogen-bond donors (Lipinski definition) is 1. The summed E-state index contributed by atoms with van der Waals surface area (Å²) in [5, 5.41) is 2.11. The van der Waals surface area contributed by atoms with Crippen molar-refractivity contribution in [1.29, 1.82) is 0 Å². The topological polar surface area (TPSA) is 88.7 Å². The Hall–Kier alpha value is -2.89. The zero-order valence-corrected chi connectivity index (χ0v) is 21.4. The van der Waals surface area contributed by atoms with Crippen molar-refractivity contribution < 1.29 is 22.7 Å². The van der Waals surface area contributed by atoms with Gasteiger partial charge in [-0.15, -0.1) is 17.5 Å². The van der Waals surface area contributed by atoms with E-state index in [1.807, 2.05) is 24.3 Å². The molecule has 0 bridgehead atoms. The molecule has 1 aromatic carbocycles. The molecule has 9 heteroatoms. The zero-order chi connectivity index (χ0) is 25.0. The summed E-state index contributed by atoms with van der Waals surface area (Å²) in [4.78, 5) is 18.3. The SMILES string of the molecule is CC#CCOC(=O)N1CCc2c([nH]c3c2=CC(Cl)CC=3)[C@@H]1c1ccc(OCCCS(C)(=O)=O)cc1. The fourth-order valence-corrected chi connectivity index (χ4v) is 5.36. The number of alkyl halides is 1. The largest absolute Gasteiger partial charge is 0.494 e. The van der Waals surface area contributed by atoms with E-state index >= 15 is 0 Å². The number of aromatic nitrogens is 1. The van der Waals surface area contributed by atoms with Crippen LogP contribution in [0.15, 0.2) is 24.3 Å². The zero-order valence-electron chi connectivity index (χ0n) is 19.8. The Bertz CT molecular complexity index is 1370. The van der Waals surface area contributed by atoms with Gasteiger partial charge in [-0.1, -0.05) is 30.2 Å². The lowest BCUT2D eigenvalue weighted by Gasteiger charge is -2.35. The van der Waals surface area contributed by atoms with Crippen LogP contribution in [0.2, 0.25) is 0 Å². The number of carbonyl (C=O) groups excluding carboxylic acids is 1. The van der Waals surface area contributed by atoms with Crippen molar-refractivity contribution in [3.05, 3.63) is 51.7 Å². The standard InChI is InChI=1S/C26H29ClN2O5S/c1-3-4-14-34-26(30)29-13-12-21-22-17-19(27)8-11-23(22)28-24(21)25(29)18-6-9-20(10-7-18)33-15-5-16-35(2,31)32/h6-7,9-11,17,19,25,28H,5,8,12-16H2,1-2H3/t19?,25-/m0/s1. The summed E-state index contributed by atoms with van der Waals surface area (Å²) in [6.07, 6.45) is 6.87. The first-order chi connectivity index (χ1) is 16.8. The lowest BCUT2D eigenvalue weighted by Crippen LogP contribution is -2.42. The smallest absolute Gasteiger partial charge is 0.411 e. The second-order valence-electron chi connectivity index (χ2n) is 8.70. The maximum atomic E-state index is 13.0. The summed E-state index contributed by atoms with van der Waals surface area (Å²) in [7, 11) is -3.01. The summed E-state index contributed by atoms with van der Waals surface area (Å²) >= 11 is 6.40. The van der Waals surface area contributed by atoms with Gasteiger partial charge in [0.15, 0.2) is 6.61 Å². The number of hydrogen-bond acceptors (Lipinski definition) is 5. The number of carbonyl (C=O) groups is 1. The summed E-state index contributed by atoms with van der Waals surface area (Å²) in [6, 6.07) is 7.17. The van der Waals surface area contributed by atoms with Crippen molar-refractivity contribution in [1.82, 2.24) is 9.88 Å². The molecule has 1 amide bonds. The molecule has 1 aromatic heterocycles. The Kier molecular flexibility index (Phi) is 7.78. The molecule has 0 saturated carbocycles. The van der Waals surface area contributed by atoms with E-state index in [1.54, 1.807) is 11.8 Å². The summed E-state index contributed by atoms with van der Waals surface area (Å²) in [5.41, 5.74) is 3.04. The first-order valence-electron chi connectivity index (χ1n) is 11.6. The molecule has 0 fully saturated rings. The molecule has 2 aromatic rings. The molecule has 1 unspecified atom stereocenters. The van der Waals surface area contributed by atoms with Crippen LogP contribution >= 0.6 is 11.6 Å². The number of nitrogens with zero attached hydrogens (tertiary/aromatic N) is 1. The monoisotopic (exact) mass is 516 g/mol.